The Morgan fingerprint density at radius 3 is 2.73 bits per heavy atom. The number of hydrogen-bond donors (Lipinski definition) is 3. The van der Waals surface area contributed by atoms with Crippen LogP contribution in [0, 0.1) is 11.8 Å². The van der Waals surface area contributed by atoms with Crippen molar-refractivity contribution < 1.29 is 29.2 Å². The second-order valence-corrected chi connectivity index (χ2v) is 9.05. The molecule has 0 amide bonds. The molecule has 0 spiro atoms. The van der Waals surface area contributed by atoms with E-state index in [0.717, 1.165) is 30.6 Å². The van der Waals surface area contributed by atoms with Crippen LogP contribution in [0.1, 0.15) is 65.0 Å². The van der Waals surface area contributed by atoms with Gasteiger partial charge < -0.3 is 29.2 Å². The van der Waals surface area contributed by atoms with Crippen LogP contribution in [0.2, 0.25) is 0 Å². The Balaban J connectivity index is 1.49. The zero-order valence-electron chi connectivity index (χ0n) is 18.5. The van der Waals surface area contributed by atoms with Crippen LogP contribution < -0.4 is 0 Å². The van der Waals surface area contributed by atoms with Crippen LogP contribution in [0.15, 0.2) is 16.2 Å². The van der Waals surface area contributed by atoms with E-state index in [-0.39, 0.29) is 24.0 Å². The van der Waals surface area contributed by atoms with Crippen molar-refractivity contribution in [3.05, 3.63) is 23.4 Å². The predicted molar refractivity (Wildman–Crippen MR) is 113 cm³/mol. The molecule has 0 aromatic carbocycles. The van der Waals surface area contributed by atoms with Gasteiger partial charge in [-0.1, -0.05) is 25.8 Å². The first kappa shape index (κ1) is 23.4. The molecule has 1 aromatic heterocycles. The molecular weight excluding hydrogens is 386 g/mol. The summed E-state index contributed by atoms with van der Waals surface area (Å²) in [6, 6.07) is 0. The maximum absolute atomic E-state index is 10.6. The van der Waals surface area contributed by atoms with E-state index in [4.69, 9.17) is 13.9 Å². The van der Waals surface area contributed by atoms with Gasteiger partial charge in [0.2, 0.25) is 5.89 Å². The summed E-state index contributed by atoms with van der Waals surface area (Å²) in [4.78, 5) is 4.29. The summed E-state index contributed by atoms with van der Waals surface area (Å²) in [6.07, 6.45) is 5.14. The fraction of sp³-hybridized carbons (Fsp3) is 0.783. The number of rotatable bonds is 10. The maximum Gasteiger partial charge on any atom is 0.218 e. The number of ether oxygens (including phenoxy) is 2. The number of nitrogens with zero attached hydrogens (tertiary/aromatic N) is 1. The molecule has 2 aliphatic heterocycles. The van der Waals surface area contributed by atoms with Gasteiger partial charge in [0, 0.05) is 18.3 Å². The molecule has 7 nitrogen and oxygen atoms in total. The monoisotopic (exact) mass is 423 g/mol. The summed E-state index contributed by atoms with van der Waals surface area (Å²) in [6.45, 7) is 8.19. The zero-order chi connectivity index (χ0) is 21.8. The van der Waals surface area contributed by atoms with Gasteiger partial charge in [0.1, 0.15) is 11.9 Å². The fourth-order valence-corrected chi connectivity index (χ4v) is 4.15. The number of aryl methyl sites for hydroxylation is 1. The third kappa shape index (κ3) is 5.92. The lowest BCUT2D eigenvalue weighted by Crippen LogP contribution is -2.50. The van der Waals surface area contributed by atoms with Crippen molar-refractivity contribution in [1.29, 1.82) is 0 Å². The molecule has 1 aromatic rings. The molecule has 3 rings (SSSR count). The molecule has 2 fully saturated rings. The summed E-state index contributed by atoms with van der Waals surface area (Å²) in [5.41, 5.74) is 0.977. The Kier molecular flexibility index (Phi) is 8.10. The van der Waals surface area contributed by atoms with Crippen molar-refractivity contribution in [2.45, 2.75) is 96.4 Å². The Hall–Kier alpha value is -1.25. The van der Waals surface area contributed by atoms with Crippen molar-refractivity contribution in [3.63, 3.8) is 0 Å². The quantitative estimate of drug-likeness (QED) is 0.497. The third-order valence-corrected chi connectivity index (χ3v) is 6.42. The Morgan fingerprint density at radius 1 is 1.27 bits per heavy atom. The lowest BCUT2D eigenvalue weighted by molar-refractivity contribution is -0.165. The van der Waals surface area contributed by atoms with Crippen LogP contribution >= 0.6 is 0 Å². The Morgan fingerprint density at radius 2 is 2.03 bits per heavy atom. The van der Waals surface area contributed by atoms with Crippen LogP contribution in [0.25, 0.3) is 6.08 Å². The third-order valence-electron chi connectivity index (χ3n) is 6.42. The summed E-state index contributed by atoms with van der Waals surface area (Å²) in [7, 11) is 0. The average Bonchev–Trinajstić information content (AvgIpc) is 3.33. The summed E-state index contributed by atoms with van der Waals surface area (Å²) < 4.78 is 17.3. The van der Waals surface area contributed by atoms with E-state index in [2.05, 4.69) is 11.9 Å². The van der Waals surface area contributed by atoms with E-state index in [1.165, 1.54) is 0 Å². The van der Waals surface area contributed by atoms with Gasteiger partial charge in [0.25, 0.3) is 0 Å². The van der Waals surface area contributed by atoms with Gasteiger partial charge in [-0.25, -0.2) is 4.98 Å². The van der Waals surface area contributed by atoms with Gasteiger partial charge in [0.05, 0.1) is 43.3 Å². The predicted octanol–water partition coefficient (Wildman–Crippen LogP) is 2.72. The fourth-order valence-electron chi connectivity index (χ4n) is 4.15. The van der Waals surface area contributed by atoms with Gasteiger partial charge >= 0.3 is 0 Å². The standard InChI is InChI=1S/C23H37NO6/c1-5-6-7-17-11-24-20(29-17)9-13(2)8-18-22(27)21(26)16(12-28-18)10-19-23(30-19)14(3)15(4)25/h9,11,14-16,18-19,21-23,25-27H,5-8,10,12H2,1-4H3/b13-9+/t14-,15-,16?,18-,19+,21+,22-,23-/m0/s1. The van der Waals surface area contributed by atoms with Crippen molar-refractivity contribution in [2.24, 2.45) is 11.8 Å². The number of unbranched alkanes of at least 4 members (excludes halogenated alkanes) is 1. The highest BCUT2D eigenvalue weighted by atomic mass is 16.6. The zero-order valence-corrected chi connectivity index (χ0v) is 18.5. The Labute approximate surface area is 179 Å². The molecule has 2 saturated heterocycles. The van der Waals surface area contributed by atoms with E-state index in [1.807, 2.05) is 19.9 Å². The molecule has 30 heavy (non-hydrogen) atoms. The minimum Gasteiger partial charge on any atom is -0.442 e. The van der Waals surface area contributed by atoms with Crippen LogP contribution in [-0.2, 0) is 15.9 Å². The molecule has 0 aliphatic carbocycles. The molecule has 2 aliphatic rings. The molecule has 1 unspecified atom stereocenters. The first-order valence-electron chi connectivity index (χ1n) is 11.2. The lowest BCUT2D eigenvalue weighted by atomic mass is 9.85. The molecule has 7 heteroatoms. The van der Waals surface area contributed by atoms with E-state index in [9.17, 15) is 15.3 Å². The number of aromatic nitrogens is 1. The molecular formula is C23H37NO6. The SMILES string of the molecule is CCCCc1cnc(/C=C(\C)C[C@@H]2OCC(C[C@H]3O[C@H]3[C@@H](C)[C@H](C)O)[C@@H](O)[C@H]2O)o1. The van der Waals surface area contributed by atoms with Crippen molar-refractivity contribution in [2.75, 3.05) is 6.61 Å². The molecule has 8 atom stereocenters. The van der Waals surface area contributed by atoms with Crippen LogP contribution in [0.5, 0.6) is 0 Å². The smallest absolute Gasteiger partial charge is 0.218 e. The molecule has 170 valence electrons. The highest BCUT2D eigenvalue weighted by Crippen LogP contribution is 2.38. The first-order chi connectivity index (χ1) is 14.3. The van der Waals surface area contributed by atoms with E-state index in [0.29, 0.717) is 25.3 Å². The van der Waals surface area contributed by atoms with Crippen molar-refractivity contribution in [3.8, 4) is 0 Å². The van der Waals surface area contributed by atoms with Crippen LogP contribution in [0.4, 0.5) is 0 Å². The highest BCUT2D eigenvalue weighted by molar-refractivity contribution is 5.43. The number of aliphatic hydroxyl groups is 3. The average molecular weight is 424 g/mol. The van der Waals surface area contributed by atoms with Crippen LogP contribution in [-0.4, -0.2) is 63.5 Å². The van der Waals surface area contributed by atoms with E-state index >= 15 is 0 Å². The number of aliphatic hydroxyl groups excluding tert-OH is 3. The van der Waals surface area contributed by atoms with Gasteiger partial charge in [-0.2, -0.15) is 0 Å². The van der Waals surface area contributed by atoms with Gasteiger partial charge in [-0.05, 0) is 39.2 Å². The molecule has 3 heterocycles. The number of hydrogen-bond acceptors (Lipinski definition) is 7. The number of oxazole rings is 1. The summed E-state index contributed by atoms with van der Waals surface area (Å²) in [5, 5.41) is 30.9. The molecule has 0 radical (unpaired) electrons. The second kappa shape index (κ2) is 10.4. The summed E-state index contributed by atoms with van der Waals surface area (Å²) >= 11 is 0. The molecule has 0 saturated carbocycles. The highest BCUT2D eigenvalue weighted by Gasteiger charge is 2.48. The first-order valence-corrected chi connectivity index (χ1v) is 11.2. The Bertz CT molecular complexity index is 702. The topological polar surface area (TPSA) is 108 Å². The minimum absolute atomic E-state index is 0.00941. The van der Waals surface area contributed by atoms with Crippen molar-refractivity contribution >= 4 is 6.08 Å². The van der Waals surface area contributed by atoms with Crippen LogP contribution in [0.3, 0.4) is 0 Å². The minimum atomic E-state index is -0.955. The van der Waals surface area contributed by atoms with Gasteiger partial charge in [-0.15, -0.1) is 0 Å². The van der Waals surface area contributed by atoms with Gasteiger partial charge in [0.15, 0.2) is 0 Å². The lowest BCUT2D eigenvalue weighted by Gasteiger charge is -2.38. The van der Waals surface area contributed by atoms with E-state index < -0.39 is 24.4 Å². The second-order valence-electron chi connectivity index (χ2n) is 9.05. The summed E-state index contributed by atoms with van der Waals surface area (Å²) in [5.74, 6) is 1.32. The maximum atomic E-state index is 10.6. The van der Waals surface area contributed by atoms with E-state index in [1.54, 1.807) is 13.1 Å². The van der Waals surface area contributed by atoms with Gasteiger partial charge in [-0.3, -0.25) is 0 Å². The normalized spacial score (nSPS) is 34.0. The number of epoxide rings is 1. The molecule has 3 N–H and O–H groups in total. The molecule has 0 bridgehead atoms. The van der Waals surface area contributed by atoms with Crippen molar-refractivity contribution in [1.82, 2.24) is 4.98 Å². The largest absolute Gasteiger partial charge is 0.442 e.